The van der Waals surface area contributed by atoms with Crippen molar-refractivity contribution in [3.8, 4) is 0 Å². The molecule has 0 aliphatic heterocycles. The molecule has 0 spiro atoms. The van der Waals surface area contributed by atoms with Crippen LogP contribution in [0.3, 0.4) is 0 Å². The van der Waals surface area contributed by atoms with Crippen LogP contribution in [0.15, 0.2) is 24.5 Å². The highest BCUT2D eigenvalue weighted by atomic mass is 35.5. The van der Waals surface area contributed by atoms with Gasteiger partial charge in [0.05, 0.1) is 0 Å². The van der Waals surface area contributed by atoms with E-state index >= 15 is 0 Å². The molecule has 0 aromatic carbocycles. The van der Waals surface area contributed by atoms with E-state index in [0.717, 1.165) is 25.4 Å². The van der Waals surface area contributed by atoms with E-state index < -0.39 is 0 Å². The molecule has 1 heterocycles. The van der Waals surface area contributed by atoms with Crippen molar-refractivity contribution in [2.75, 3.05) is 26.0 Å². The van der Waals surface area contributed by atoms with Crippen LogP contribution in [-0.4, -0.2) is 35.9 Å². The number of pyridine rings is 1. The van der Waals surface area contributed by atoms with Crippen molar-refractivity contribution in [3.05, 3.63) is 30.1 Å². The van der Waals surface area contributed by atoms with E-state index in [1.165, 1.54) is 5.56 Å². The van der Waals surface area contributed by atoms with Crippen LogP contribution in [0.2, 0.25) is 0 Å². The SMILES string of the molecule is CC(CCl)CN(C)CCc1ccncc1. The molecule has 0 aliphatic rings. The molecule has 1 atom stereocenters. The molecule has 1 aromatic heterocycles. The molecule has 15 heavy (non-hydrogen) atoms. The predicted molar refractivity (Wildman–Crippen MR) is 65.3 cm³/mol. The number of rotatable bonds is 6. The maximum atomic E-state index is 5.78. The number of hydrogen-bond donors (Lipinski definition) is 0. The second-order valence-electron chi connectivity index (χ2n) is 4.13. The van der Waals surface area contributed by atoms with Gasteiger partial charge in [-0.05, 0) is 37.1 Å². The number of nitrogens with zero attached hydrogens (tertiary/aromatic N) is 2. The molecule has 0 amide bonds. The van der Waals surface area contributed by atoms with Crippen molar-refractivity contribution in [2.45, 2.75) is 13.3 Å². The molecule has 1 unspecified atom stereocenters. The Hall–Kier alpha value is -0.600. The summed E-state index contributed by atoms with van der Waals surface area (Å²) in [6.45, 7) is 4.32. The Bertz CT molecular complexity index is 264. The Labute approximate surface area is 97.3 Å². The molecule has 0 N–H and O–H groups in total. The normalized spacial score (nSPS) is 13.1. The van der Waals surface area contributed by atoms with Crippen LogP contribution in [0, 0.1) is 5.92 Å². The van der Waals surface area contributed by atoms with Gasteiger partial charge in [0.25, 0.3) is 0 Å². The number of likely N-dealkylation sites (N-methyl/N-ethyl adjacent to an activating group) is 1. The lowest BCUT2D eigenvalue weighted by Gasteiger charge is -2.19. The predicted octanol–water partition coefficient (Wildman–Crippen LogP) is 2.43. The Balaban J connectivity index is 2.25. The first kappa shape index (κ1) is 12.5. The Morgan fingerprint density at radius 3 is 2.67 bits per heavy atom. The van der Waals surface area contributed by atoms with Gasteiger partial charge >= 0.3 is 0 Å². The third kappa shape index (κ3) is 5.14. The molecule has 0 saturated carbocycles. The van der Waals surface area contributed by atoms with Crippen molar-refractivity contribution in [2.24, 2.45) is 5.92 Å². The number of aromatic nitrogens is 1. The highest BCUT2D eigenvalue weighted by molar-refractivity contribution is 6.18. The van der Waals surface area contributed by atoms with Gasteiger partial charge in [-0.3, -0.25) is 4.98 Å². The molecule has 84 valence electrons. The molecular weight excluding hydrogens is 208 g/mol. The first-order valence-electron chi connectivity index (χ1n) is 5.35. The van der Waals surface area contributed by atoms with E-state index in [-0.39, 0.29) is 0 Å². The highest BCUT2D eigenvalue weighted by Crippen LogP contribution is 2.03. The molecule has 1 rings (SSSR count). The van der Waals surface area contributed by atoms with Crippen LogP contribution in [0.1, 0.15) is 12.5 Å². The summed E-state index contributed by atoms with van der Waals surface area (Å²) in [6.07, 6.45) is 4.77. The largest absolute Gasteiger partial charge is 0.306 e. The molecule has 0 bridgehead atoms. The van der Waals surface area contributed by atoms with Gasteiger partial charge in [0.15, 0.2) is 0 Å². The molecule has 0 saturated heterocycles. The minimum absolute atomic E-state index is 0.564. The smallest absolute Gasteiger partial charge is 0.0270 e. The van der Waals surface area contributed by atoms with Crippen molar-refractivity contribution in [1.29, 1.82) is 0 Å². The summed E-state index contributed by atoms with van der Waals surface area (Å²) >= 11 is 5.78. The van der Waals surface area contributed by atoms with E-state index in [9.17, 15) is 0 Å². The fourth-order valence-corrected chi connectivity index (χ4v) is 1.64. The standard InChI is InChI=1S/C12H19ClN2/c1-11(9-13)10-15(2)8-5-12-3-6-14-7-4-12/h3-4,6-7,11H,5,8-10H2,1-2H3. The lowest BCUT2D eigenvalue weighted by molar-refractivity contribution is 0.300. The molecule has 1 aromatic rings. The summed E-state index contributed by atoms with van der Waals surface area (Å²) in [6, 6.07) is 4.14. The summed E-state index contributed by atoms with van der Waals surface area (Å²) in [4.78, 5) is 6.33. The molecule has 0 fully saturated rings. The fourth-order valence-electron chi connectivity index (χ4n) is 1.54. The Kier molecular flexibility index (Phi) is 5.66. The Morgan fingerprint density at radius 2 is 2.07 bits per heavy atom. The van der Waals surface area contributed by atoms with E-state index in [2.05, 4.69) is 36.0 Å². The molecule has 3 heteroatoms. The third-order valence-corrected chi connectivity index (χ3v) is 2.95. The van der Waals surface area contributed by atoms with Crippen LogP contribution < -0.4 is 0 Å². The van der Waals surface area contributed by atoms with Gasteiger partial charge < -0.3 is 4.90 Å². The van der Waals surface area contributed by atoms with Gasteiger partial charge in [0.1, 0.15) is 0 Å². The van der Waals surface area contributed by atoms with Gasteiger partial charge in [-0.15, -0.1) is 11.6 Å². The topological polar surface area (TPSA) is 16.1 Å². The van der Waals surface area contributed by atoms with Crippen LogP contribution in [-0.2, 0) is 6.42 Å². The van der Waals surface area contributed by atoms with Gasteiger partial charge in [0, 0.05) is 31.4 Å². The minimum Gasteiger partial charge on any atom is -0.306 e. The Morgan fingerprint density at radius 1 is 1.40 bits per heavy atom. The molecular formula is C12H19ClN2. The molecule has 0 radical (unpaired) electrons. The zero-order valence-electron chi connectivity index (χ0n) is 9.49. The van der Waals surface area contributed by atoms with Crippen LogP contribution in [0.4, 0.5) is 0 Å². The quantitative estimate of drug-likeness (QED) is 0.693. The summed E-state index contributed by atoms with van der Waals surface area (Å²) in [5.74, 6) is 1.30. The van der Waals surface area contributed by atoms with E-state index in [1.807, 2.05) is 12.4 Å². The maximum Gasteiger partial charge on any atom is 0.0270 e. The maximum absolute atomic E-state index is 5.78. The average Bonchev–Trinajstić information content (AvgIpc) is 2.27. The average molecular weight is 227 g/mol. The van der Waals surface area contributed by atoms with Crippen LogP contribution in [0.5, 0.6) is 0 Å². The number of halogens is 1. The molecule has 0 aliphatic carbocycles. The first-order valence-corrected chi connectivity index (χ1v) is 5.89. The summed E-state index contributed by atoms with van der Waals surface area (Å²) in [5, 5.41) is 0. The first-order chi connectivity index (χ1) is 7.22. The van der Waals surface area contributed by atoms with E-state index in [4.69, 9.17) is 11.6 Å². The monoisotopic (exact) mass is 226 g/mol. The van der Waals surface area contributed by atoms with Crippen LogP contribution >= 0.6 is 11.6 Å². The summed E-state index contributed by atoms with van der Waals surface area (Å²) in [7, 11) is 2.14. The number of alkyl halides is 1. The summed E-state index contributed by atoms with van der Waals surface area (Å²) < 4.78 is 0. The molecule has 2 nitrogen and oxygen atoms in total. The third-order valence-electron chi connectivity index (χ3n) is 2.42. The van der Waals surface area contributed by atoms with Crippen molar-refractivity contribution < 1.29 is 0 Å². The van der Waals surface area contributed by atoms with Gasteiger partial charge in [-0.1, -0.05) is 6.92 Å². The van der Waals surface area contributed by atoms with Gasteiger partial charge in [-0.25, -0.2) is 0 Å². The minimum atomic E-state index is 0.564. The van der Waals surface area contributed by atoms with Crippen molar-refractivity contribution in [1.82, 2.24) is 9.88 Å². The zero-order valence-corrected chi connectivity index (χ0v) is 10.2. The van der Waals surface area contributed by atoms with Crippen molar-refractivity contribution >= 4 is 11.6 Å². The number of hydrogen-bond acceptors (Lipinski definition) is 2. The fraction of sp³-hybridized carbons (Fsp3) is 0.583. The van der Waals surface area contributed by atoms with Crippen molar-refractivity contribution in [3.63, 3.8) is 0 Å². The zero-order chi connectivity index (χ0) is 11.1. The van der Waals surface area contributed by atoms with Gasteiger partial charge in [-0.2, -0.15) is 0 Å². The second-order valence-corrected chi connectivity index (χ2v) is 4.44. The lowest BCUT2D eigenvalue weighted by Crippen LogP contribution is -2.27. The lowest BCUT2D eigenvalue weighted by atomic mass is 10.1. The van der Waals surface area contributed by atoms with E-state index in [0.29, 0.717) is 5.92 Å². The van der Waals surface area contributed by atoms with Crippen LogP contribution in [0.25, 0.3) is 0 Å². The van der Waals surface area contributed by atoms with E-state index in [1.54, 1.807) is 0 Å². The summed E-state index contributed by atoms with van der Waals surface area (Å²) in [5.41, 5.74) is 1.34. The second kappa shape index (κ2) is 6.81. The van der Waals surface area contributed by atoms with Gasteiger partial charge in [0.2, 0.25) is 0 Å². The highest BCUT2D eigenvalue weighted by Gasteiger charge is 2.04.